The zero-order valence-electron chi connectivity index (χ0n) is 28.0. The molecule has 6 rings (SSSR count). The van der Waals surface area contributed by atoms with Crippen LogP contribution in [0.2, 0.25) is 5.02 Å². The normalized spacial score (nSPS) is 32.2. The van der Waals surface area contributed by atoms with Crippen LogP contribution in [0.15, 0.2) is 78.9 Å². The minimum atomic E-state index is -1.54. The van der Waals surface area contributed by atoms with E-state index in [2.05, 4.69) is 17.4 Å². The van der Waals surface area contributed by atoms with Gasteiger partial charge in [-0.05, 0) is 41.9 Å². The number of carbonyl (C=O) groups excluding carboxylic acids is 1. The molecular weight excluding hydrogens is 702 g/mol. The Morgan fingerprint density at radius 3 is 2.35 bits per heavy atom. The van der Waals surface area contributed by atoms with E-state index in [1.54, 1.807) is 30.0 Å². The number of fused-ring (bicyclic) bond motifs is 1. The second-order valence-electron chi connectivity index (χ2n) is 12.8. The second kappa shape index (κ2) is 17.9. The van der Waals surface area contributed by atoms with E-state index in [9.17, 15) is 25.2 Å². The van der Waals surface area contributed by atoms with Gasteiger partial charge < -0.3 is 54.2 Å². The number of aliphatic hydroxyl groups is 4. The number of nitrogens with one attached hydrogen (secondary N) is 1. The van der Waals surface area contributed by atoms with Crippen LogP contribution in [0.1, 0.15) is 36.3 Å². The summed E-state index contributed by atoms with van der Waals surface area (Å²) in [5.41, 5.74) is 3.05. The molecule has 0 spiro atoms. The van der Waals surface area contributed by atoms with Crippen LogP contribution in [0.25, 0.3) is 0 Å². The highest BCUT2D eigenvalue weighted by molar-refractivity contribution is 7.99. The van der Waals surface area contributed by atoms with Gasteiger partial charge in [-0.25, -0.2) is 0 Å². The Labute approximate surface area is 305 Å². The number of amides is 1. The van der Waals surface area contributed by atoms with Crippen molar-refractivity contribution in [3.05, 3.63) is 101 Å². The molecule has 276 valence electrons. The molecule has 0 aliphatic carbocycles. The van der Waals surface area contributed by atoms with E-state index in [-0.39, 0.29) is 19.1 Å². The molecule has 3 aromatic carbocycles. The summed E-state index contributed by atoms with van der Waals surface area (Å²) in [7, 11) is 0. The Balaban J connectivity index is 1.11. The fourth-order valence-electron chi connectivity index (χ4n) is 6.32. The number of ether oxygens (including phenoxy) is 6. The number of hydrogen-bond donors (Lipinski definition) is 5. The average molecular weight is 746 g/mol. The molecule has 0 radical (unpaired) electrons. The van der Waals surface area contributed by atoms with Gasteiger partial charge in [-0.15, -0.1) is 0 Å². The summed E-state index contributed by atoms with van der Waals surface area (Å²) in [6.07, 6.45) is -11.2. The van der Waals surface area contributed by atoms with Crippen molar-refractivity contribution in [1.29, 1.82) is 0 Å². The maximum absolute atomic E-state index is 11.6. The van der Waals surface area contributed by atoms with Crippen LogP contribution in [0.4, 0.5) is 5.69 Å². The van der Waals surface area contributed by atoms with Crippen LogP contribution in [0.3, 0.4) is 0 Å². The van der Waals surface area contributed by atoms with Gasteiger partial charge in [-0.2, -0.15) is 11.8 Å². The van der Waals surface area contributed by atoms with E-state index in [4.69, 9.17) is 40.0 Å². The van der Waals surface area contributed by atoms with E-state index >= 15 is 0 Å². The maximum Gasteiger partial charge on any atom is 0.221 e. The van der Waals surface area contributed by atoms with Crippen LogP contribution in [-0.4, -0.2) is 106 Å². The Morgan fingerprint density at radius 1 is 0.882 bits per heavy atom. The van der Waals surface area contributed by atoms with Crippen LogP contribution in [0, 0.1) is 0 Å². The Kier molecular flexibility index (Phi) is 13.4. The van der Waals surface area contributed by atoms with Gasteiger partial charge >= 0.3 is 0 Å². The third-order valence-corrected chi connectivity index (χ3v) is 10.4. The summed E-state index contributed by atoms with van der Waals surface area (Å²) in [6.45, 7) is 1.41. The first-order valence-corrected chi connectivity index (χ1v) is 18.5. The molecule has 11 atom stereocenters. The number of benzene rings is 3. The van der Waals surface area contributed by atoms with Gasteiger partial charge in [0.1, 0.15) is 42.7 Å². The third kappa shape index (κ3) is 9.68. The Bertz CT molecular complexity index is 1560. The summed E-state index contributed by atoms with van der Waals surface area (Å²) in [6, 6.07) is 24.4. The van der Waals surface area contributed by atoms with Crippen LogP contribution in [-0.2, 0) is 46.2 Å². The van der Waals surface area contributed by atoms with E-state index in [1.807, 2.05) is 48.5 Å². The first-order valence-electron chi connectivity index (χ1n) is 17.0. The van der Waals surface area contributed by atoms with E-state index < -0.39 is 67.7 Å². The zero-order valence-corrected chi connectivity index (χ0v) is 29.6. The van der Waals surface area contributed by atoms with Crippen molar-refractivity contribution in [2.45, 2.75) is 94.1 Å². The molecule has 0 bridgehead atoms. The highest BCUT2D eigenvalue weighted by Crippen LogP contribution is 2.36. The number of thioether (sulfide) groups is 1. The molecule has 14 heteroatoms. The molecule has 51 heavy (non-hydrogen) atoms. The van der Waals surface area contributed by atoms with Gasteiger partial charge in [0.05, 0.1) is 30.0 Å². The SMILES string of the molecule is CC(=O)Nc1cc(CO[C@@H]2O[C@H](CSCCCc3ccccc3)[C@@H](O[C@H]3O[C@@H]4COC(c5ccccc5)O[C@H]4[C@H](O)[C@H]3O)[C@H](O)[C@H]2O)ccc1Cl. The van der Waals surface area contributed by atoms with Crippen molar-refractivity contribution in [1.82, 2.24) is 0 Å². The number of aliphatic hydroxyl groups excluding tert-OH is 4. The van der Waals surface area contributed by atoms with Crippen molar-refractivity contribution < 1.29 is 53.6 Å². The zero-order chi connectivity index (χ0) is 35.9. The lowest BCUT2D eigenvalue weighted by Gasteiger charge is -2.49. The van der Waals surface area contributed by atoms with Gasteiger partial charge in [-0.1, -0.05) is 78.3 Å². The fourth-order valence-corrected chi connectivity index (χ4v) is 7.50. The van der Waals surface area contributed by atoms with Gasteiger partial charge in [0.2, 0.25) is 5.91 Å². The van der Waals surface area contributed by atoms with Crippen LogP contribution in [0.5, 0.6) is 0 Å². The predicted molar refractivity (Wildman–Crippen MR) is 189 cm³/mol. The molecule has 12 nitrogen and oxygen atoms in total. The Hall–Kier alpha value is -2.63. The van der Waals surface area contributed by atoms with Gasteiger partial charge in [0.25, 0.3) is 0 Å². The maximum atomic E-state index is 11.6. The molecule has 1 amide bonds. The van der Waals surface area contributed by atoms with Gasteiger partial charge in [0, 0.05) is 18.2 Å². The molecule has 1 unspecified atom stereocenters. The molecule has 3 aliphatic rings. The largest absolute Gasteiger partial charge is 0.387 e. The number of carbonyl (C=O) groups is 1. The first-order chi connectivity index (χ1) is 24.7. The number of rotatable bonds is 13. The lowest BCUT2D eigenvalue weighted by atomic mass is 9.96. The quantitative estimate of drug-likeness (QED) is 0.162. The van der Waals surface area contributed by atoms with Gasteiger partial charge in [-0.3, -0.25) is 4.79 Å². The number of aryl methyl sites for hydroxylation is 1. The van der Waals surface area contributed by atoms with E-state index in [0.29, 0.717) is 22.0 Å². The predicted octanol–water partition coefficient (Wildman–Crippen LogP) is 3.57. The molecule has 3 heterocycles. The summed E-state index contributed by atoms with van der Waals surface area (Å²) >= 11 is 7.80. The highest BCUT2D eigenvalue weighted by atomic mass is 35.5. The molecule has 5 N–H and O–H groups in total. The first kappa shape index (κ1) is 38.1. The monoisotopic (exact) mass is 745 g/mol. The Morgan fingerprint density at radius 2 is 1.61 bits per heavy atom. The fraction of sp³-hybridized carbons (Fsp3) is 0.486. The number of anilines is 1. The molecule has 0 saturated carbocycles. The molecule has 3 aliphatic heterocycles. The number of hydrogen-bond acceptors (Lipinski definition) is 12. The highest BCUT2D eigenvalue weighted by Gasteiger charge is 2.53. The molecule has 3 saturated heterocycles. The molecule has 3 fully saturated rings. The van der Waals surface area contributed by atoms with Crippen molar-refractivity contribution >= 4 is 35.0 Å². The molecule has 3 aromatic rings. The lowest BCUT2D eigenvalue weighted by molar-refractivity contribution is -0.384. The summed E-state index contributed by atoms with van der Waals surface area (Å²) in [5, 5.41) is 47.9. The lowest BCUT2D eigenvalue weighted by Crippen LogP contribution is -2.65. The standard InChI is InChI=1S/C37H44ClNO11S/c1-21(40)39-26-17-23(14-15-25(26)38)18-45-36-31(43)29(41)34(28(48-36)20-51-16-8-11-22-9-4-2-5-10-22)50-37-32(44)30(42)33-27(47-37)19-46-35(49-33)24-12-6-3-7-13-24/h2-7,9-10,12-15,17,27-37,41-44H,8,11,16,18-20H2,1H3,(H,39,40)/t27-,28-,29-,30-,31-,32-,33-,34-,35?,36-,37-/m1/s1. The summed E-state index contributed by atoms with van der Waals surface area (Å²) in [4.78, 5) is 11.6. The van der Waals surface area contributed by atoms with E-state index in [0.717, 1.165) is 24.2 Å². The van der Waals surface area contributed by atoms with E-state index in [1.165, 1.54) is 12.5 Å². The molecular formula is C37H44ClNO11S. The van der Waals surface area contributed by atoms with Crippen molar-refractivity contribution in [3.8, 4) is 0 Å². The molecule has 0 aromatic heterocycles. The van der Waals surface area contributed by atoms with Crippen molar-refractivity contribution in [3.63, 3.8) is 0 Å². The number of halogens is 1. The van der Waals surface area contributed by atoms with Crippen LogP contribution >= 0.6 is 23.4 Å². The average Bonchev–Trinajstić information content (AvgIpc) is 3.14. The topological polar surface area (TPSA) is 165 Å². The minimum absolute atomic E-state index is 0.0235. The third-order valence-electron chi connectivity index (χ3n) is 8.97. The van der Waals surface area contributed by atoms with Crippen molar-refractivity contribution in [2.24, 2.45) is 0 Å². The van der Waals surface area contributed by atoms with Gasteiger partial charge in [0.15, 0.2) is 18.9 Å². The minimum Gasteiger partial charge on any atom is -0.387 e. The van der Waals surface area contributed by atoms with Crippen molar-refractivity contribution in [2.75, 3.05) is 23.4 Å². The summed E-state index contributed by atoms with van der Waals surface area (Å²) in [5.74, 6) is 0.860. The van der Waals surface area contributed by atoms with Crippen LogP contribution < -0.4 is 5.32 Å². The second-order valence-corrected chi connectivity index (χ2v) is 14.4. The smallest absolute Gasteiger partial charge is 0.221 e. The summed E-state index contributed by atoms with van der Waals surface area (Å²) < 4.78 is 36.3.